The first-order chi connectivity index (χ1) is 22.2. The largest absolute Gasteiger partial charge is 0.310 e. The highest BCUT2D eigenvalue weighted by Gasteiger charge is 2.23. The number of nitriles is 1. The number of aryl methyl sites for hydroxylation is 1. The number of para-hydroxylation sites is 2. The second-order valence-corrected chi connectivity index (χ2v) is 12.9. The van der Waals surface area contributed by atoms with Crippen LogP contribution in [0.25, 0.3) is 48.4 Å². The van der Waals surface area contributed by atoms with Crippen LogP contribution in [0.5, 0.6) is 0 Å². The van der Waals surface area contributed by atoms with Gasteiger partial charge < -0.3 is 9.47 Å². The Morgan fingerprint density at radius 3 is 1.67 bits per heavy atom. The van der Waals surface area contributed by atoms with Crippen LogP contribution in [0.4, 0.5) is 17.1 Å². The zero-order valence-corrected chi connectivity index (χ0v) is 26.1. The van der Waals surface area contributed by atoms with E-state index in [9.17, 15) is 5.26 Å². The lowest BCUT2D eigenvalue weighted by atomic mass is 10.00. The maximum Gasteiger partial charge on any atom is 0.0992 e. The van der Waals surface area contributed by atoms with Crippen LogP contribution in [0.1, 0.15) is 11.1 Å². The highest BCUT2D eigenvalue weighted by molar-refractivity contribution is 7.14. The van der Waals surface area contributed by atoms with Crippen molar-refractivity contribution in [1.29, 1.82) is 5.26 Å². The van der Waals surface area contributed by atoms with Crippen molar-refractivity contribution in [3.05, 3.63) is 155 Å². The lowest BCUT2D eigenvalue weighted by molar-refractivity contribution is 1.18. The van der Waals surface area contributed by atoms with Gasteiger partial charge in [0.1, 0.15) is 0 Å². The lowest BCUT2D eigenvalue weighted by Crippen LogP contribution is -2.09. The molecule has 214 valence electrons. The van der Waals surface area contributed by atoms with E-state index in [2.05, 4.69) is 155 Å². The second-order valence-electron chi connectivity index (χ2n) is 11.1. The van der Waals surface area contributed by atoms with E-state index in [4.69, 9.17) is 0 Å². The summed E-state index contributed by atoms with van der Waals surface area (Å²) in [5, 5.41) is 16.7. The van der Waals surface area contributed by atoms with Gasteiger partial charge in [0.05, 0.1) is 28.4 Å². The molecule has 0 spiro atoms. The molecule has 45 heavy (non-hydrogen) atoms. The Morgan fingerprint density at radius 1 is 0.578 bits per heavy atom. The van der Waals surface area contributed by atoms with E-state index < -0.39 is 0 Å². The minimum absolute atomic E-state index is 0.658. The molecular weight excluding hydrogens is 587 g/mol. The third kappa shape index (κ3) is 4.72. The molecule has 0 aliphatic heterocycles. The number of hydrogen-bond acceptors (Lipinski definition) is 4. The monoisotopic (exact) mass is 613 g/mol. The SMILES string of the molecule is Cc1ccc2c(c1)c1cc(N(c3ccccc3)c3ccccc3)ccc1n2-c1c(-c2cccs2)cc(C#N)cc1-c1cccs1. The third-order valence-electron chi connectivity index (χ3n) is 8.23. The van der Waals surface area contributed by atoms with Crippen molar-refractivity contribution >= 4 is 61.5 Å². The smallest absolute Gasteiger partial charge is 0.0992 e. The standard InChI is InChI=1S/C40H27N3S2/c1-27-16-18-36-32(22-27)33-25-31(42(29-10-4-2-5-11-29)30-12-6-3-7-13-30)17-19-37(33)43(36)40-34(38-14-8-20-44-38)23-28(26-41)24-35(40)39-15-9-21-45-39/h2-25H,1H3. The molecule has 0 N–H and O–H groups in total. The van der Waals surface area contributed by atoms with Crippen LogP contribution in [-0.4, -0.2) is 4.57 Å². The third-order valence-corrected chi connectivity index (χ3v) is 10.0. The van der Waals surface area contributed by atoms with Crippen molar-refractivity contribution in [2.45, 2.75) is 6.92 Å². The molecule has 5 aromatic carbocycles. The molecule has 3 aromatic heterocycles. The first kappa shape index (κ1) is 27.2. The van der Waals surface area contributed by atoms with Gasteiger partial charge in [0, 0.05) is 48.7 Å². The topological polar surface area (TPSA) is 32.0 Å². The van der Waals surface area contributed by atoms with Crippen LogP contribution in [-0.2, 0) is 0 Å². The Labute approximate surface area is 270 Å². The second kappa shape index (κ2) is 11.3. The summed E-state index contributed by atoms with van der Waals surface area (Å²) in [4.78, 5) is 4.59. The number of hydrogen-bond donors (Lipinski definition) is 0. The van der Waals surface area contributed by atoms with Crippen molar-refractivity contribution in [3.63, 3.8) is 0 Å². The molecule has 3 nitrogen and oxygen atoms in total. The van der Waals surface area contributed by atoms with E-state index in [0.29, 0.717) is 5.56 Å². The van der Waals surface area contributed by atoms with E-state index >= 15 is 0 Å². The maximum atomic E-state index is 10.1. The molecule has 0 saturated heterocycles. The van der Waals surface area contributed by atoms with Crippen molar-refractivity contribution in [1.82, 2.24) is 4.57 Å². The summed E-state index contributed by atoms with van der Waals surface area (Å²) in [6.45, 7) is 2.16. The van der Waals surface area contributed by atoms with Gasteiger partial charge in [-0.3, -0.25) is 0 Å². The average molecular weight is 614 g/mol. The predicted octanol–water partition coefficient (Wildman–Crippen LogP) is 11.9. The van der Waals surface area contributed by atoms with Gasteiger partial charge >= 0.3 is 0 Å². The summed E-state index contributed by atoms with van der Waals surface area (Å²) >= 11 is 3.40. The summed E-state index contributed by atoms with van der Waals surface area (Å²) in [5.74, 6) is 0. The Balaban J connectivity index is 1.46. The van der Waals surface area contributed by atoms with Crippen LogP contribution in [0, 0.1) is 18.3 Å². The quantitative estimate of drug-likeness (QED) is 0.187. The molecular formula is C40H27N3S2. The predicted molar refractivity (Wildman–Crippen MR) is 192 cm³/mol. The van der Waals surface area contributed by atoms with Crippen LogP contribution < -0.4 is 4.90 Å². The molecule has 0 atom stereocenters. The van der Waals surface area contributed by atoms with Crippen molar-refractivity contribution in [2.24, 2.45) is 0 Å². The minimum atomic E-state index is 0.658. The highest BCUT2D eigenvalue weighted by Crippen LogP contribution is 2.45. The number of fused-ring (bicyclic) bond motifs is 3. The van der Waals surface area contributed by atoms with Gasteiger partial charge in [0.15, 0.2) is 0 Å². The van der Waals surface area contributed by atoms with Crippen molar-refractivity contribution in [2.75, 3.05) is 4.90 Å². The molecule has 3 heterocycles. The van der Waals surface area contributed by atoms with Gasteiger partial charge in [-0.25, -0.2) is 0 Å². The van der Waals surface area contributed by atoms with Gasteiger partial charge in [-0.1, -0.05) is 60.2 Å². The normalized spacial score (nSPS) is 11.2. The van der Waals surface area contributed by atoms with Crippen LogP contribution >= 0.6 is 22.7 Å². The molecule has 0 unspecified atom stereocenters. The van der Waals surface area contributed by atoms with E-state index in [1.54, 1.807) is 22.7 Å². The maximum absolute atomic E-state index is 10.1. The van der Waals surface area contributed by atoms with E-state index in [-0.39, 0.29) is 0 Å². The highest BCUT2D eigenvalue weighted by atomic mass is 32.1. The van der Waals surface area contributed by atoms with Gasteiger partial charge in [-0.15, -0.1) is 22.7 Å². The molecule has 8 aromatic rings. The molecule has 0 bridgehead atoms. The van der Waals surface area contributed by atoms with Gasteiger partial charge in [0.2, 0.25) is 0 Å². The number of nitrogens with zero attached hydrogens (tertiary/aromatic N) is 3. The molecule has 0 radical (unpaired) electrons. The number of anilines is 3. The Hall–Kier alpha value is -5.41. The minimum Gasteiger partial charge on any atom is -0.310 e. The Morgan fingerprint density at radius 2 is 1.13 bits per heavy atom. The summed E-state index contributed by atoms with van der Waals surface area (Å²) in [7, 11) is 0. The van der Waals surface area contributed by atoms with Crippen molar-refractivity contribution in [3.8, 4) is 32.6 Å². The van der Waals surface area contributed by atoms with Crippen LogP contribution in [0.3, 0.4) is 0 Å². The van der Waals surface area contributed by atoms with E-state index in [1.165, 1.54) is 16.3 Å². The van der Waals surface area contributed by atoms with E-state index in [1.807, 2.05) is 12.1 Å². The zero-order valence-electron chi connectivity index (χ0n) is 24.5. The molecule has 0 saturated carbocycles. The molecule has 0 fully saturated rings. The fourth-order valence-corrected chi connectivity index (χ4v) is 7.77. The van der Waals surface area contributed by atoms with Crippen LogP contribution in [0.15, 0.2) is 144 Å². The van der Waals surface area contributed by atoms with E-state index in [0.717, 1.165) is 54.7 Å². The summed E-state index contributed by atoms with van der Waals surface area (Å²) in [6.07, 6.45) is 0. The summed E-state index contributed by atoms with van der Waals surface area (Å²) in [6, 6.07) is 49.6. The summed E-state index contributed by atoms with van der Waals surface area (Å²) in [5.41, 5.74) is 10.7. The first-order valence-electron chi connectivity index (χ1n) is 14.8. The number of benzene rings is 5. The fourth-order valence-electron chi connectivity index (χ4n) is 6.29. The van der Waals surface area contributed by atoms with Gasteiger partial charge in [-0.2, -0.15) is 5.26 Å². The lowest BCUT2D eigenvalue weighted by Gasteiger charge is -2.25. The van der Waals surface area contributed by atoms with Gasteiger partial charge in [0.25, 0.3) is 0 Å². The number of thiophene rings is 2. The van der Waals surface area contributed by atoms with Gasteiger partial charge in [-0.05, 0) is 96.5 Å². The van der Waals surface area contributed by atoms with Crippen LogP contribution in [0.2, 0.25) is 0 Å². The molecule has 0 aliphatic carbocycles. The van der Waals surface area contributed by atoms with Crippen molar-refractivity contribution < 1.29 is 0 Å². The zero-order chi connectivity index (χ0) is 30.3. The Kier molecular flexibility index (Phi) is 6.80. The fraction of sp³-hybridized carbons (Fsp3) is 0.0250. The average Bonchev–Trinajstić information content (AvgIpc) is 3.87. The molecule has 0 amide bonds. The number of rotatable bonds is 6. The molecule has 0 aliphatic rings. The molecule has 5 heteroatoms. The Bertz CT molecular complexity index is 2230. The molecule has 8 rings (SSSR count). The first-order valence-corrected chi connectivity index (χ1v) is 16.6. The number of aromatic nitrogens is 1. The summed E-state index contributed by atoms with van der Waals surface area (Å²) < 4.78 is 2.41.